The molecule has 32 heavy (non-hydrogen) atoms. The molecule has 2 amide bonds. The van der Waals surface area contributed by atoms with Gasteiger partial charge in [-0.25, -0.2) is 0 Å². The number of hydrogen-bond donors (Lipinski definition) is 1. The molecule has 0 saturated carbocycles. The van der Waals surface area contributed by atoms with Crippen molar-refractivity contribution >= 4 is 28.2 Å². The van der Waals surface area contributed by atoms with E-state index in [2.05, 4.69) is 5.32 Å². The fourth-order valence-corrected chi connectivity index (χ4v) is 5.21. The third-order valence-corrected chi connectivity index (χ3v) is 7.01. The maximum atomic E-state index is 13.4. The minimum atomic E-state index is -0.158. The third-order valence-electron chi connectivity index (χ3n) is 5.75. The third kappa shape index (κ3) is 5.56. The van der Waals surface area contributed by atoms with Gasteiger partial charge in [-0.15, -0.1) is 11.3 Å². The summed E-state index contributed by atoms with van der Waals surface area (Å²) in [5.41, 5.74) is 2.50. The average molecular weight is 459 g/mol. The van der Waals surface area contributed by atoms with E-state index in [1.165, 1.54) is 11.3 Å². The number of nitrogens with zero attached hydrogens (tertiary/aromatic N) is 1. The van der Waals surface area contributed by atoms with Crippen molar-refractivity contribution in [1.82, 2.24) is 4.90 Å². The van der Waals surface area contributed by atoms with Gasteiger partial charge in [-0.1, -0.05) is 30.3 Å². The molecule has 2 saturated heterocycles. The van der Waals surface area contributed by atoms with E-state index < -0.39 is 0 Å². The van der Waals surface area contributed by atoms with Gasteiger partial charge in [-0.05, 0) is 30.9 Å². The number of carbonyl (C=O) groups is 2. The van der Waals surface area contributed by atoms with Gasteiger partial charge in [0.15, 0.2) is 0 Å². The van der Waals surface area contributed by atoms with Crippen molar-refractivity contribution in [3.63, 3.8) is 0 Å². The largest absolute Gasteiger partial charge is 0.378 e. The maximum absolute atomic E-state index is 13.4. The summed E-state index contributed by atoms with van der Waals surface area (Å²) in [5.74, 6) is -0.219. The highest BCUT2D eigenvalue weighted by Crippen LogP contribution is 2.40. The summed E-state index contributed by atoms with van der Waals surface area (Å²) in [6.07, 6.45) is 2.45. The number of anilines is 1. The first kappa shape index (κ1) is 22.9. The molecule has 1 unspecified atom stereocenters. The molecule has 2 aromatic rings. The molecule has 1 aromatic heterocycles. The van der Waals surface area contributed by atoms with E-state index in [1.807, 2.05) is 37.3 Å². The standard InChI is InChI=1S/C24H30N2O5S/c1-17-21(24(28)26-10-14-29-15-11-26)23(32-22(17)18-6-3-2-4-7-18)25-20(27)9-13-30-16-19-8-5-12-31-19/h2-4,6-7,19H,5,8-16H2,1H3,(H,25,27). The zero-order valence-electron chi connectivity index (χ0n) is 18.4. The van der Waals surface area contributed by atoms with Crippen LogP contribution < -0.4 is 5.32 Å². The highest BCUT2D eigenvalue weighted by Gasteiger charge is 2.28. The Bertz CT molecular complexity index is 918. The van der Waals surface area contributed by atoms with Crippen molar-refractivity contribution in [1.29, 1.82) is 0 Å². The molecule has 7 nitrogen and oxygen atoms in total. The molecule has 172 valence electrons. The lowest BCUT2D eigenvalue weighted by atomic mass is 10.1. The lowest BCUT2D eigenvalue weighted by Gasteiger charge is -2.27. The van der Waals surface area contributed by atoms with E-state index in [0.29, 0.717) is 50.1 Å². The van der Waals surface area contributed by atoms with Crippen molar-refractivity contribution < 1.29 is 23.8 Å². The topological polar surface area (TPSA) is 77.1 Å². The Morgan fingerprint density at radius 1 is 1.19 bits per heavy atom. The van der Waals surface area contributed by atoms with Gasteiger partial charge < -0.3 is 24.4 Å². The van der Waals surface area contributed by atoms with Crippen molar-refractivity contribution in [2.24, 2.45) is 0 Å². The fourth-order valence-electron chi connectivity index (χ4n) is 3.99. The number of carbonyl (C=O) groups excluding carboxylic acids is 2. The van der Waals surface area contributed by atoms with Crippen LogP contribution >= 0.6 is 11.3 Å². The summed E-state index contributed by atoms with van der Waals surface area (Å²) in [6.45, 7) is 5.76. The van der Waals surface area contributed by atoms with Crippen molar-refractivity contribution in [2.45, 2.75) is 32.3 Å². The monoisotopic (exact) mass is 458 g/mol. The molecule has 1 N–H and O–H groups in total. The summed E-state index contributed by atoms with van der Waals surface area (Å²) in [4.78, 5) is 28.8. The van der Waals surface area contributed by atoms with Crippen LogP contribution in [0.3, 0.4) is 0 Å². The van der Waals surface area contributed by atoms with Gasteiger partial charge >= 0.3 is 0 Å². The number of thiophene rings is 1. The first-order chi connectivity index (χ1) is 15.6. The van der Waals surface area contributed by atoms with E-state index >= 15 is 0 Å². The van der Waals surface area contributed by atoms with Crippen LogP contribution in [0, 0.1) is 6.92 Å². The van der Waals surface area contributed by atoms with E-state index in [0.717, 1.165) is 35.5 Å². The van der Waals surface area contributed by atoms with Crippen molar-refractivity contribution in [3.8, 4) is 10.4 Å². The molecule has 2 aliphatic heterocycles. The smallest absolute Gasteiger partial charge is 0.257 e. The van der Waals surface area contributed by atoms with Crippen LogP contribution in [0.4, 0.5) is 5.00 Å². The molecule has 1 aromatic carbocycles. The molecule has 2 fully saturated rings. The van der Waals surface area contributed by atoms with Crippen LogP contribution in [-0.4, -0.2) is 68.9 Å². The quantitative estimate of drug-likeness (QED) is 0.610. The Kier molecular flexibility index (Phi) is 7.91. The predicted octanol–water partition coefficient (Wildman–Crippen LogP) is 3.72. The van der Waals surface area contributed by atoms with E-state index in [9.17, 15) is 9.59 Å². The fraction of sp³-hybridized carbons (Fsp3) is 0.500. The number of rotatable bonds is 8. The van der Waals surface area contributed by atoms with Crippen molar-refractivity contribution in [2.75, 3.05) is 51.4 Å². The van der Waals surface area contributed by atoms with Gasteiger partial charge in [0.1, 0.15) is 5.00 Å². The van der Waals surface area contributed by atoms with E-state index in [1.54, 1.807) is 4.90 Å². The zero-order chi connectivity index (χ0) is 22.3. The van der Waals surface area contributed by atoms with Crippen LogP contribution in [-0.2, 0) is 19.0 Å². The van der Waals surface area contributed by atoms with E-state index in [-0.39, 0.29) is 24.3 Å². The highest BCUT2D eigenvalue weighted by molar-refractivity contribution is 7.20. The maximum Gasteiger partial charge on any atom is 0.257 e. The van der Waals surface area contributed by atoms with Gasteiger partial charge in [-0.3, -0.25) is 9.59 Å². The molecule has 2 aliphatic rings. The summed E-state index contributed by atoms with van der Waals surface area (Å²) in [6, 6.07) is 9.95. The van der Waals surface area contributed by atoms with Crippen LogP contribution in [0.1, 0.15) is 35.2 Å². The lowest BCUT2D eigenvalue weighted by Crippen LogP contribution is -2.41. The van der Waals surface area contributed by atoms with Crippen molar-refractivity contribution in [3.05, 3.63) is 41.5 Å². The predicted molar refractivity (Wildman–Crippen MR) is 124 cm³/mol. The van der Waals surface area contributed by atoms with Gasteiger partial charge in [-0.2, -0.15) is 0 Å². The SMILES string of the molecule is Cc1c(-c2ccccc2)sc(NC(=O)CCOCC2CCCO2)c1C(=O)N1CCOCC1. The molecule has 0 aliphatic carbocycles. The molecule has 0 bridgehead atoms. The Labute approximate surface area is 192 Å². The molecular weight excluding hydrogens is 428 g/mol. The van der Waals surface area contributed by atoms with Gasteiger partial charge in [0.05, 0.1) is 44.5 Å². The number of benzene rings is 1. The van der Waals surface area contributed by atoms with Crippen LogP contribution in [0.25, 0.3) is 10.4 Å². The number of morpholine rings is 1. The summed E-state index contributed by atoms with van der Waals surface area (Å²) < 4.78 is 16.6. The minimum absolute atomic E-state index is 0.0610. The van der Waals surface area contributed by atoms with Crippen LogP contribution in [0.5, 0.6) is 0 Å². The average Bonchev–Trinajstić information content (AvgIpc) is 3.45. The molecule has 0 radical (unpaired) electrons. The normalized spacial score (nSPS) is 18.7. The lowest BCUT2D eigenvalue weighted by molar-refractivity contribution is -0.117. The zero-order valence-corrected chi connectivity index (χ0v) is 19.2. The minimum Gasteiger partial charge on any atom is -0.378 e. The Hall–Kier alpha value is -2.26. The number of ether oxygens (including phenoxy) is 3. The summed E-state index contributed by atoms with van der Waals surface area (Å²) in [7, 11) is 0. The molecule has 3 heterocycles. The van der Waals surface area contributed by atoms with Gasteiger partial charge in [0.25, 0.3) is 5.91 Å². The van der Waals surface area contributed by atoms with Gasteiger partial charge in [0.2, 0.25) is 5.91 Å². The molecule has 1 atom stereocenters. The van der Waals surface area contributed by atoms with Gasteiger partial charge in [0, 0.05) is 24.6 Å². The molecule has 8 heteroatoms. The first-order valence-electron chi connectivity index (χ1n) is 11.2. The Balaban J connectivity index is 1.47. The van der Waals surface area contributed by atoms with Crippen LogP contribution in [0.2, 0.25) is 0 Å². The van der Waals surface area contributed by atoms with E-state index in [4.69, 9.17) is 14.2 Å². The molecular formula is C24H30N2O5S. The Morgan fingerprint density at radius 3 is 2.69 bits per heavy atom. The molecule has 4 rings (SSSR count). The molecule has 0 spiro atoms. The second kappa shape index (κ2) is 11.0. The summed E-state index contributed by atoms with van der Waals surface area (Å²) >= 11 is 1.45. The van der Waals surface area contributed by atoms with Crippen LogP contribution in [0.15, 0.2) is 30.3 Å². The first-order valence-corrected chi connectivity index (χ1v) is 12.0. The Morgan fingerprint density at radius 2 is 1.97 bits per heavy atom. The summed E-state index contributed by atoms with van der Waals surface area (Å²) in [5, 5.41) is 3.58. The number of amides is 2. The number of nitrogens with one attached hydrogen (secondary N) is 1. The second-order valence-electron chi connectivity index (χ2n) is 8.04. The highest BCUT2D eigenvalue weighted by atomic mass is 32.1. The number of hydrogen-bond acceptors (Lipinski definition) is 6. The second-order valence-corrected chi connectivity index (χ2v) is 9.06.